The summed E-state index contributed by atoms with van der Waals surface area (Å²) in [5, 5.41) is 5.65. The van der Waals surface area contributed by atoms with Crippen LogP contribution in [0.15, 0.2) is 17.5 Å². The highest BCUT2D eigenvalue weighted by atomic mass is 35.5. The number of hydrogen-bond acceptors (Lipinski definition) is 5. The molecule has 0 spiro atoms. The molecule has 0 saturated carbocycles. The summed E-state index contributed by atoms with van der Waals surface area (Å²) in [6.45, 7) is 5.49. The van der Waals surface area contributed by atoms with Crippen LogP contribution in [0.25, 0.3) is 9.88 Å². The first kappa shape index (κ1) is 19.3. The number of rotatable bonds is 6. The molecule has 0 aliphatic carbocycles. The smallest absolute Gasteiger partial charge is 0.245 e. The molecule has 1 atom stereocenters. The van der Waals surface area contributed by atoms with E-state index in [-0.39, 0.29) is 24.2 Å². The molecular formula is C18H22ClN3O2S2. The van der Waals surface area contributed by atoms with Gasteiger partial charge in [-0.05, 0) is 30.9 Å². The second-order valence-electron chi connectivity index (χ2n) is 6.75. The van der Waals surface area contributed by atoms with Crippen molar-refractivity contribution in [1.82, 2.24) is 15.2 Å². The molecule has 0 bridgehead atoms. The molecule has 140 valence electrons. The van der Waals surface area contributed by atoms with Gasteiger partial charge in [-0.2, -0.15) is 0 Å². The van der Waals surface area contributed by atoms with Gasteiger partial charge in [-0.25, -0.2) is 4.98 Å². The lowest BCUT2D eigenvalue weighted by Crippen LogP contribution is -2.50. The topological polar surface area (TPSA) is 62.3 Å². The number of likely N-dealkylation sites (tertiary alicyclic amines) is 1. The average Bonchev–Trinajstić information content (AvgIpc) is 3.32. The summed E-state index contributed by atoms with van der Waals surface area (Å²) < 4.78 is 0.717. The third kappa shape index (κ3) is 4.64. The molecule has 1 fully saturated rings. The summed E-state index contributed by atoms with van der Waals surface area (Å²) in [5.74, 6) is -0.0957. The monoisotopic (exact) mass is 411 g/mol. The van der Waals surface area contributed by atoms with E-state index in [0.717, 1.165) is 40.2 Å². The molecule has 0 aromatic carbocycles. The maximum Gasteiger partial charge on any atom is 0.245 e. The Morgan fingerprint density at radius 1 is 1.31 bits per heavy atom. The van der Waals surface area contributed by atoms with Crippen LogP contribution in [0.1, 0.15) is 32.4 Å². The average molecular weight is 412 g/mol. The zero-order valence-corrected chi connectivity index (χ0v) is 17.2. The summed E-state index contributed by atoms with van der Waals surface area (Å²) in [6, 6.07) is 3.29. The van der Waals surface area contributed by atoms with E-state index < -0.39 is 6.04 Å². The Morgan fingerprint density at radius 3 is 2.65 bits per heavy atom. The third-order valence-corrected chi connectivity index (χ3v) is 6.64. The number of nitrogens with one attached hydrogen (secondary N) is 1. The predicted molar refractivity (Wildman–Crippen MR) is 107 cm³/mol. The molecule has 1 N–H and O–H groups in total. The Labute approximate surface area is 166 Å². The van der Waals surface area contributed by atoms with Gasteiger partial charge in [0.15, 0.2) is 0 Å². The number of halogens is 1. The number of thiophene rings is 1. The molecule has 1 saturated heterocycles. The molecule has 8 heteroatoms. The van der Waals surface area contributed by atoms with Crippen LogP contribution in [-0.2, 0) is 16.0 Å². The van der Waals surface area contributed by atoms with Gasteiger partial charge in [0.05, 0.1) is 21.3 Å². The van der Waals surface area contributed by atoms with Crippen molar-refractivity contribution in [1.29, 1.82) is 0 Å². The van der Waals surface area contributed by atoms with Crippen molar-refractivity contribution in [3.63, 3.8) is 0 Å². The van der Waals surface area contributed by atoms with Gasteiger partial charge in [-0.15, -0.1) is 22.7 Å². The summed E-state index contributed by atoms with van der Waals surface area (Å²) in [5.41, 5.74) is 0.711. The van der Waals surface area contributed by atoms with Crippen LogP contribution in [0.5, 0.6) is 0 Å². The van der Waals surface area contributed by atoms with Gasteiger partial charge in [-0.3, -0.25) is 9.59 Å². The second kappa shape index (κ2) is 8.50. The molecule has 3 heterocycles. The normalized spacial score (nSPS) is 15.5. The minimum atomic E-state index is -0.477. The number of nitrogens with zero attached hydrogens (tertiary/aromatic N) is 2. The Hall–Kier alpha value is -1.44. The van der Waals surface area contributed by atoms with Crippen molar-refractivity contribution in [2.24, 2.45) is 5.92 Å². The second-order valence-corrected chi connectivity index (χ2v) is 9.32. The van der Waals surface area contributed by atoms with Gasteiger partial charge in [0.1, 0.15) is 11.0 Å². The quantitative estimate of drug-likeness (QED) is 0.785. The first-order chi connectivity index (χ1) is 12.4. The largest absolute Gasteiger partial charge is 0.344 e. The van der Waals surface area contributed by atoms with Gasteiger partial charge in [-0.1, -0.05) is 25.4 Å². The van der Waals surface area contributed by atoms with Crippen LogP contribution in [0.2, 0.25) is 4.34 Å². The van der Waals surface area contributed by atoms with Crippen LogP contribution >= 0.6 is 34.3 Å². The first-order valence-electron chi connectivity index (χ1n) is 8.72. The van der Waals surface area contributed by atoms with E-state index >= 15 is 0 Å². The standard InChI is InChI=1S/C18H22ClN3O2S2/c1-11(2)16(18(24)22-7-3-4-8-22)21-15(23)9-12-10-25-17(20-12)13-5-6-14(19)26-13/h5-6,10-11,16H,3-4,7-9H2,1-2H3,(H,21,23)/t16-/m0/s1. The Balaban J connectivity index is 1.61. The molecule has 3 rings (SSSR count). The zero-order chi connectivity index (χ0) is 18.7. The number of amides is 2. The molecule has 26 heavy (non-hydrogen) atoms. The van der Waals surface area contributed by atoms with E-state index in [0.29, 0.717) is 5.69 Å². The minimum Gasteiger partial charge on any atom is -0.344 e. The summed E-state index contributed by atoms with van der Waals surface area (Å²) in [4.78, 5) is 32.5. The number of carbonyl (C=O) groups is 2. The van der Waals surface area contributed by atoms with Crippen LogP contribution < -0.4 is 5.32 Å². The minimum absolute atomic E-state index is 0.0260. The highest BCUT2D eigenvalue weighted by Crippen LogP contribution is 2.33. The molecule has 2 amide bonds. The fourth-order valence-corrected chi connectivity index (χ4v) is 4.90. The highest BCUT2D eigenvalue weighted by Gasteiger charge is 2.30. The Kier molecular flexibility index (Phi) is 6.32. The van der Waals surface area contributed by atoms with Gasteiger partial charge in [0, 0.05) is 18.5 Å². The van der Waals surface area contributed by atoms with E-state index in [1.165, 1.54) is 22.7 Å². The lowest BCUT2D eigenvalue weighted by atomic mass is 10.0. The zero-order valence-electron chi connectivity index (χ0n) is 14.8. The summed E-state index contributed by atoms with van der Waals surface area (Å²) in [7, 11) is 0. The molecule has 0 unspecified atom stereocenters. The molecule has 2 aromatic heterocycles. The van der Waals surface area contributed by atoms with E-state index in [9.17, 15) is 9.59 Å². The fraction of sp³-hybridized carbons (Fsp3) is 0.500. The Bertz CT molecular complexity index is 781. The van der Waals surface area contributed by atoms with Crippen molar-refractivity contribution in [3.05, 3.63) is 27.5 Å². The molecule has 0 radical (unpaired) electrons. The van der Waals surface area contributed by atoms with Crippen molar-refractivity contribution in [3.8, 4) is 9.88 Å². The van der Waals surface area contributed by atoms with Crippen LogP contribution in [0.4, 0.5) is 0 Å². The number of thiazole rings is 1. The summed E-state index contributed by atoms with van der Waals surface area (Å²) in [6.07, 6.45) is 2.25. The van der Waals surface area contributed by atoms with Crippen LogP contribution in [-0.4, -0.2) is 40.8 Å². The highest BCUT2D eigenvalue weighted by molar-refractivity contribution is 7.23. The van der Waals surface area contributed by atoms with Gasteiger partial charge in [0.2, 0.25) is 11.8 Å². The van der Waals surface area contributed by atoms with E-state index in [1.807, 2.05) is 36.3 Å². The number of aromatic nitrogens is 1. The van der Waals surface area contributed by atoms with Gasteiger partial charge < -0.3 is 10.2 Å². The first-order valence-corrected chi connectivity index (χ1v) is 10.8. The SMILES string of the molecule is CC(C)[C@H](NC(=O)Cc1csc(-c2ccc(Cl)s2)n1)C(=O)N1CCCC1. The lowest BCUT2D eigenvalue weighted by Gasteiger charge is -2.26. The Morgan fingerprint density at radius 2 is 2.04 bits per heavy atom. The molecule has 1 aliphatic heterocycles. The fourth-order valence-electron chi connectivity index (χ4n) is 2.97. The maximum absolute atomic E-state index is 12.7. The van der Waals surface area contributed by atoms with Crippen molar-refractivity contribution in [2.45, 2.75) is 39.2 Å². The molecule has 1 aliphatic rings. The van der Waals surface area contributed by atoms with Crippen LogP contribution in [0, 0.1) is 5.92 Å². The van der Waals surface area contributed by atoms with E-state index in [1.54, 1.807) is 0 Å². The maximum atomic E-state index is 12.7. The van der Waals surface area contributed by atoms with Gasteiger partial charge in [0.25, 0.3) is 0 Å². The third-order valence-electron chi connectivity index (χ3n) is 4.34. The molecule has 5 nitrogen and oxygen atoms in total. The number of carbonyl (C=O) groups excluding carboxylic acids is 2. The molecular weight excluding hydrogens is 390 g/mol. The number of hydrogen-bond donors (Lipinski definition) is 1. The van der Waals surface area contributed by atoms with Crippen LogP contribution in [0.3, 0.4) is 0 Å². The van der Waals surface area contributed by atoms with E-state index in [2.05, 4.69) is 10.3 Å². The molecule has 2 aromatic rings. The van der Waals surface area contributed by atoms with E-state index in [4.69, 9.17) is 11.6 Å². The van der Waals surface area contributed by atoms with Crippen molar-refractivity contribution < 1.29 is 9.59 Å². The van der Waals surface area contributed by atoms with Crippen molar-refractivity contribution >= 4 is 46.1 Å². The summed E-state index contributed by atoms with van der Waals surface area (Å²) >= 11 is 8.93. The van der Waals surface area contributed by atoms with Crippen molar-refractivity contribution in [2.75, 3.05) is 13.1 Å². The van der Waals surface area contributed by atoms with Gasteiger partial charge >= 0.3 is 0 Å². The predicted octanol–water partition coefficient (Wildman–Crippen LogP) is 3.83. The lowest BCUT2D eigenvalue weighted by molar-refractivity contribution is -0.136.